The summed E-state index contributed by atoms with van der Waals surface area (Å²) in [4.78, 5) is 0. The van der Waals surface area contributed by atoms with Crippen LogP contribution in [0.1, 0.15) is 17.5 Å². The van der Waals surface area contributed by atoms with Gasteiger partial charge in [0.15, 0.2) is 0 Å². The van der Waals surface area contributed by atoms with E-state index in [4.69, 9.17) is 0 Å². The van der Waals surface area contributed by atoms with E-state index in [0.717, 1.165) is 6.42 Å². The van der Waals surface area contributed by atoms with Crippen molar-refractivity contribution in [1.29, 1.82) is 0 Å². The lowest BCUT2D eigenvalue weighted by Gasteiger charge is -2.40. The van der Waals surface area contributed by atoms with Gasteiger partial charge >= 0.3 is 0 Å². The topological polar surface area (TPSA) is 0 Å². The van der Waals surface area contributed by atoms with Crippen LogP contribution in [0.2, 0.25) is 0 Å². The molecule has 1 aromatic carbocycles. The highest BCUT2D eigenvalue weighted by molar-refractivity contribution is 6.07. The Balaban J connectivity index is 1.89. The second-order valence-electron chi connectivity index (χ2n) is 5.83. The van der Waals surface area contributed by atoms with Crippen molar-refractivity contribution >= 4 is 11.1 Å². The Bertz CT molecular complexity index is 821. The predicted molar refractivity (Wildman–Crippen MR) is 83.9 cm³/mol. The van der Waals surface area contributed by atoms with Gasteiger partial charge < -0.3 is 0 Å². The monoisotopic (exact) mass is 254 g/mol. The molecule has 0 radical (unpaired) electrons. The largest absolute Gasteiger partial charge is 0.0830 e. The highest BCUT2D eigenvalue weighted by Gasteiger charge is 2.44. The first-order valence-corrected chi connectivity index (χ1v) is 7.20. The van der Waals surface area contributed by atoms with Crippen molar-refractivity contribution < 1.29 is 0 Å². The lowest BCUT2D eigenvalue weighted by molar-refractivity contribution is 0.578. The summed E-state index contributed by atoms with van der Waals surface area (Å²) in [7, 11) is 0. The average Bonchev–Trinajstić information content (AvgIpc) is 2.84. The standard InChI is InChI=1S/C20H14/c1-2-8-16-15(7-1)17-9-5-13-20-12-4-3-6-14(20)10-11-18(16)19(17)20/h1-11,13H,12H2. The molecule has 20 heavy (non-hydrogen) atoms. The van der Waals surface area contributed by atoms with Gasteiger partial charge in [-0.25, -0.2) is 0 Å². The van der Waals surface area contributed by atoms with Gasteiger partial charge in [-0.2, -0.15) is 0 Å². The quantitative estimate of drug-likeness (QED) is 0.621. The molecule has 0 bridgehead atoms. The van der Waals surface area contributed by atoms with E-state index in [1.807, 2.05) is 0 Å². The summed E-state index contributed by atoms with van der Waals surface area (Å²) in [5.74, 6) is 0. The van der Waals surface area contributed by atoms with Crippen molar-refractivity contribution in [2.75, 3.05) is 0 Å². The third-order valence-corrected chi connectivity index (χ3v) is 4.93. The Kier molecular flexibility index (Phi) is 1.78. The molecule has 0 nitrogen and oxygen atoms in total. The molecule has 0 aromatic heterocycles. The van der Waals surface area contributed by atoms with Crippen LogP contribution in [-0.4, -0.2) is 0 Å². The van der Waals surface area contributed by atoms with Gasteiger partial charge in [-0.3, -0.25) is 0 Å². The zero-order chi connectivity index (χ0) is 13.2. The number of rotatable bonds is 0. The van der Waals surface area contributed by atoms with Crippen LogP contribution in [0.15, 0.2) is 84.0 Å². The van der Waals surface area contributed by atoms with E-state index < -0.39 is 0 Å². The van der Waals surface area contributed by atoms with Gasteiger partial charge in [0.05, 0.1) is 0 Å². The first-order valence-electron chi connectivity index (χ1n) is 7.20. The third kappa shape index (κ3) is 1.05. The number of fused-ring (bicyclic) bond motifs is 3. The van der Waals surface area contributed by atoms with Gasteiger partial charge in [-0.1, -0.05) is 72.9 Å². The molecule has 0 N–H and O–H groups in total. The molecule has 4 aliphatic rings. The van der Waals surface area contributed by atoms with Crippen LogP contribution in [0.5, 0.6) is 0 Å². The van der Waals surface area contributed by atoms with E-state index in [-0.39, 0.29) is 5.41 Å². The summed E-state index contributed by atoms with van der Waals surface area (Å²) >= 11 is 0. The average molecular weight is 254 g/mol. The molecule has 1 unspecified atom stereocenters. The molecule has 1 atom stereocenters. The third-order valence-electron chi connectivity index (χ3n) is 4.93. The minimum Gasteiger partial charge on any atom is -0.0830 e. The summed E-state index contributed by atoms with van der Waals surface area (Å²) in [5.41, 5.74) is 8.63. The fraction of sp³-hybridized carbons (Fsp3) is 0.100. The lowest BCUT2D eigenvalue weighted by Crippen LogP contribution is -2.27. The molecule has 0 fully saturated rings. The molecule has 4 aliphatic carbocycles. The normalized spacial score (nSPS) is 27.8. The van der Waals surface area contributed by atoms with Crippen LogP contribution < -0.4 is 0 Å². The van der Waals surface area contributed by atoms with Crippen molar-refractivity contribution in [3.8, 4) is 0 Å². The van der Waals surface area contributed by atoms with E-state index in [1.165, 1.54) is 33.4 Å². The maximum atomic E-state index is 2.39. The fourth-order valence-corrected chi connectivity index (χ4v) is 4.07. The summed E-state index contributed by atoms with van der Waals surface area (Å²) < 4.78 is 0. The fourth-order valence-electron chi connectivity index (χ4n) is 4.07. The van der Waals surface area contributed by atoms with Crippen LogP contribution in [0.4, 0.5) is 0 Å². The molecule has 0 saturated carbocycles. The first-order chi connectivity index (χ1) is 9.90. The highest BCUT2D eigenvalue weighted by Crippen LogP contribution is 2.59. The first kappa shape index (κ1) is 10.4. The smallest absolute Gasteiger partial charge is 0.0431 e. The summed E-state index contributed by atoms with van der Waals surface area (Å²) in [5, 5.41) is 0. The number of allylic oxidation sites excluding steroid dienone is 12. The van der Waals surface area contributed by atoms with Crippen LogP contribution in [0, 0.1) is 5.41 Å². The molecule has 94 valence electrons. The Morgan fingerprint density at radius 2 is 1.80 bits per heavy atom. The van der Waals surface area contributed by atoms with Gasteiger partial charge in [-0.15, -0.1) is 0 Å². The van der Waals surface area contributed by atoms with Crippen LogP contribution in [-0.2, 0) is 0 Å². The zero-order valence-electron chi connectivity index (χ0n) is 11.1. The Labute approximate surface area is 118 Å². The van der Waals surface area contributed by atoms with Crippen LogP contribution >= 0.6 is 0 Å². The summed E-state index contributed by atoms with van der Waals surface area (Å²) in [6, 6.07) is 8.79. The SMILES string of the molecule is C1=CCC23C=CC=C4C2=C(C=CC3=C1)c1ccccc14. The molecule has 1 aromatic rings. The Hall–Kier alpha value is -2.34. The molecule has 0 heteroatoms. The highest BCUT2D eigenvalue weighted by atomic mass is 14.5. The molecule has 0 amide bonds. The van der Waals surface area contributed by atoms with E-state index in [0.29, 0.717) is 0 Å². The number of benzene rings is 1. The van der Waals surface area contributed by atoms with Gasteiger partial charge in [0.25, 0.3) is 0 Å². The van der Waals surface area contributed by atoms with E-state index in [1.54, 1.807) is 0 Å². The number of hydrogen-bond acceptors (Lipinski definition) is 0. The van der Waals surface area contributed by atoms with Gasteiger partial charge in [-0.05, 0) is 39.8 Å². The van der Waals surface area contributed by atoms with Crippen LogP contribution in [0.3, 0.4) is 0 Å². The van der Waals surface area contributed by atoms with Crippen LogP contribution in [0.25, 0.3) is 11.1 Å². The second-order valence-corrected chi connectivity index (χ2v) is 5.83. The lowest BCUT2D eigenvalue weighted by atomic mass is 9.63. The molecule has 1 spiro atoms. The molecule has 0 aliphatic heterocycles. The molecule has 0 heterocycles. The Morgan fingerprint density at radius 3 is 2.75 bits per heavy atom. The molecule has 5 rings (SSSR count). The predicted octanol–water partition coefficient (Wildman–Crippen LogP) is 4.85. The van der Waals surface area contributed by atoms with E-state index in [9.17, 15) is 0 Å². The molecular formula is C20H14. The van der Waals surface area contributed by atoms with E-state index >= 15 is 0 Å². The molecule has 0 saturated heterocycles. The van der Waals surface area contributed by atoms with Gasteiger partial charge in [0, 0.05) is 5.41 Å². The minimum absolute atomic E-state index is 0.0714. The van der Waals surface area contributed by atoms with Gasteiger partial charge in [0.2, 0.25) is 0 Å². The van der Waals surface area contributed by atoms with E-state index in [2.05, 4.69) is 72.9 Å². The minimum atomic E-state index is 0.0714. The number of hydrogen-bond donors (Lipinski definition) is 0. The maximum absolute atomic E-state index is 2.39. The Morgan fingerprint density at radius 1 is 0.900 bits per heavy atom. The van der Waals surface area contributed by atoms with Crippen molar-refractivity contribution in [1.82, 2.24) is 0 Å². The van der Waals surface area contributed by atoms with Gasteiger partial charge in [0.1, 0.15) is 0 Å². The summed E-state index contributed by atoms with van der Waals surface area (Å²) in [6.07, 6.45) is 19.3. The summed E-state index contributed by atoms with van der Waals surface area (Å²) in [6.45, 7) is 0. The van der Waals surface area contributed by atoms with Crippen molar-refractivity contribution in [2.24, 2.45) is 5.41 Å². The van der Waals surface area contributed by atoms with Crippen molar-refractivity contribution in [2.45, 2.75) is 6.42 Å². The molecular weight excluding hydrogens is 240 g/mol. The van der Waals surface area contributed by atoms with Crippen molar-refractivity contribution in [3.05, 3.63) is 95.1 Å². The van der Waals surface area contributed by atoms with Crippen molar-refractivity contribution in [3.63, 3.8) is 0 Å². The zero-order valence-corrected chi connectivity index (χ0v) is 11.1. The second kappa shape index (κ2) is 3.40. The maximum Gasteiger partial charge on any atom is 0.0431 e.